The van der Waals surface area contributed by atoms with Gasteiger partial charge in [-0.2, -0.15) is 0 Å². The first kappa shape index (κ1) is 16.8. The molecule has 0 bridgehead atoms. The van der Waals surface area contributed by atoms with Crippen molar-refractivity contribution in [3.8, 4) is 23.0 Å². The molecule has 1 aromatic heterocycles. The van der Waals surface area contributed by atoms with Crippen LogP contribution in [0.2, 0.25) is 15.1 Å². The third-order valence-corrected chi connectivity index (χ3v) is 3.96. The number of hydrogen-bond donors (Lipinski definition) is 1. The Labute approximate surface area is 152 Å². The summed E-state index contributed by atoms with van der Waals surface area (Å²) in [5.41, 5.74) is 1.98. The maximum Gasteiger partial charge on any atom is 0.336 e. The zero-order valence-electron chi connectivity index (χ0n) is 12.1. The molecule has 0 aliphatic carbocycles. The molecule has 0 fully saturated rings. The van der Waals surface area contributed by atoms with E-state index in [1.807, 2.05) is 12.1 Å². The van der Waals surface area contributed by atoms with Crippen LogP contribution in [0.1, 0.15) is 5.56 Å². The van der Waals surface area contributed by atoms with Crippen LogP contribution in [-0.4, -0.2) is 20.3 Å². The van der Waals surface area contributed by atoms with E-state index in [2.05, 4.69) is 15.2 Å². The van der Waals surface area contributed by atoms with Gasteiger partial charge in [-0.1, -0.05) is 52.0 Å². The summed E-state index contributed by atoms with van der Waals surface area (Å²) in [7, 11) is 0. The van der Waals surface area contributed by atoms with Crippen LogP contribution < -0.4 is 4.74 Å². The lowest BCUT2D eigenvalue weighted by atomic mass is 10.1. The van der Waals surface area contributed by atoms with Crippen molar-refractivity contribution < 1.29 is 9.84 Å². The quantitative estimate of drug-likeness (QED) is 0.703. The summed E-state index contributed by atoms with van der Waals surface area (Å²) >= 11 is 17.6. The van der Waals surface area contributed by atoms with Gasteiger partial charge < -0.3 is 9.84 Å². The zero-order valence-corrected chi connectivity index (χ0v) is 14.3. The summed E-state index contributed by atoms with van der Waals surface area (Å²) in [5.74, 6) is -0.175. The molecule has 5 nitrogen and oxygen atoms in total. The predicted molar refractivity (Wildman–Crippen MR) is 92.7 cm³/mol. The Hall–Kier alpha value is -2.08. The normalized spacial score (nSPS) is 10.6. The molecule has 1 heterocycles. The fraction of sp³-hybridized carbons (Fsp3) is 0.0625. The number of phenols is 1. The summed E-state index contributed by atoms with van der Waals surface area (Å²) < 4.78 is 5.47. The lowest BCUT2D eigenvalue weighted by molar-refractivity contribution is 0.277. The number of nitrogens with zero attached hydrogens (tertiary/aromatic N) is 3. The van der Waals surface area contributed by atoms with Crippen LogP contribution in [0.15, 0.2) is 42.6 Å². The van der Waals surface area contributed by atoms with Crippen LogP contribution in [0.3, 0.4) is 0 Å². The number of aromatic nitrogens is 3. The van der Waals surface area contributed by atoms with Crippen molar-refractivity contribution in [3.05, 3.63) is 63.2 Å². The molecule has 0 unspecified atom stereocenters. The van der Waals surface area contributed by atoms with Gasteiger partial charge in [0.05, 0.1) is 16.2 Å². The Morgan fingerprint density at radius 2 is 1.62 bits per heavy atom. The molecule has 3 aromatic rings. The molecule has 0 spiro atoms. The third-order valence-electron chi connectivity index (χ3n) is 3.13. The first-order chi connectivity index (χ1) is 11.5. The molecule has 1 N–H and O–H groups in total. The van der Waals surface area contributed by atoms with Gasteiger partial charge in [0.15, 0.2) is 5.75 Å². The van der Waals surface area contributed by atoms with Crippen LogP contribution in [0.4, 0.5) is 0 Å². The van der Waals surface area contributed by atoms with E-state index in [4.69, 9.17) is 39.5 Å². The van der Waals surface area contributed by atoms with Crippen molar-refractivity contribution in [2.45, 2.75) is 6.61 Å². The number of hydrogen-bond acceptors (Lipinski definition) is 5. The van der Waals surface area contributed by atoms with Crippen LogP contribution in [0.25, 0.3) is 11.3 Å². The highest BCUT2D eigenvalue weighted by Crippen LogP contribution is 2.35. The smallest absolute Gasteiger partial charge is 0.336 e. The molecule has 8 heteroatoms. The second kappa shape index (κ2) is 7.21. The standard InChI is InChI=1S/C16H10Cl3N3O2/c17-11-3-1-9(2-4-11)8-24-16-20-7-14(21-22-16)10-5-12(18)15(23)13(19)6-10/h1-7,23H,8H2. The number of benzene rings is 2. The second-order valence-corrected chi connectivity index (χ2v) is 6.08. The molecular weight excluding hydrogens is 373 g/mol. The largest absolute Gasteiger partial charge is 0.505 e. The van der Waals surface area contributed by atoms with E-state index < -0.39 is 0 Å². The van der Waals surface area contributed by atoms with Crippen molar-refractivity contribution in [2.24, 2.45) is 0 Å². The van der Waals surface area contributed by atoms with E-state index in [-0.39, 0.29) is 21.8 Å². The predicted octanol–water partition coefficient (Wildman–Crippen LogP) is 4.78. The fourth-order valence-electron chi connectivity index (χ4n) is 1.90. The van der Waals surface area contributed by atoms with E-state index in [9.17, 15) is 5.11 Å². The first-order valence-corrected chi connectivity index (χ1v) is 7.91. The van der Waals surface area contributed by atoms with E-state index in [0.29, 0.717) is 22.9 Å². The summed E-state index contributed by atoms with van der Waals surface area (Å²) in [6.45, 7) is 0.301. The van der Waals surface area contributed by atoms with Crippen molar-refractivity contribution in [2.75, 3.05) is 0 Å². The minimum atomic E-state index is -0.175. The number of rotatable bonds is 4. The fourth-order valence-corrected chi connectivity index (χ4v) is 2.52. The summed E-state index contributed by atoms with van der Waals surface area (Å²) in [5, 5.41) is 18.4. The Kier molecular flexibility index (Phi) is 5.04. The van der Waals surface area contributed by atoms with Gasteiger partial charge in [-0.15, -0.1) is 5.10 Å². The summed E-state index contributed by atoms with van der Waals surface area (Å²) in [4.78, 5) is 4.10. The highest BCUT2D eigenvalue weighted by Gasteiger charge is 2.10. The topological polar surface area (TPSA) is 68.1 Å². The number of phenolic OH excluding ortho intramolecular Hbond substituents is 1. The molecular formula is C16H10Cl3N3O2. The van der Waals surface area contributed by atoms with E-state index >= 15 is 0 Å². The monoisotopic (exact) mass is 381 g/mol. The minimum absolute atomic E-state index is 0.127. The molecule has 0 atom stereocenters. The Balaban J connectivity index is 1.72. The lowest BCUT2D eigenvalue weighted by Crippen LogP contribution is -2.01. The van der Waals surface area contributed by atoms with E-state index in [1.165, 1.54) is 18.3 Å². The number of halogens is 3. The number of ether oxygens (including phenoxy) is 1. The Bertz CT molecular complexity index is 832. The van der Waals surface area contributed by atoms with Gasteiger partial charge in [0, 0.05) is 10.6 Å². The average molecular weight is 383 g/mol. The molecule has 3 rings (SSSR count). The maximum atomic E-state index is 9.57. The van der Waals surface area contributed by atoms with Gasteiger partial charge >= 0.3 is 6.01 Å². The number of aromatic hydroxyl groups is 1. The molecule has 122 valence electrons. The molecule has 0 aliphatic heterocycles. The lowest BCUT2D eigenvalue weighted by Gasteiger charge is -2.06. The first-order valence-electron chi connectivity index (χ1n) is 6.78. The van der Waals surface area contributed by atoms with Gasteiger partial charge in [0.25, 0.3) is 0 Å². The third kappa shape index (κ3) is 3.87. The van der Waals surface area contributed by atoms with Crippen LogP contribution in [-0.2, 0) is 6.61 Å². The SMILES string of the molecule is Oc1c(Cl)cc(-c2cnc(OCc3ccc(Cl)cc3)nn2)cc1Cl. The summed E-state index contributed by atoms with van der Waals surface area (Å²) in [6, 6.07) is 10.5. The highest BCUT2D eigenvalue weighted by atomic mass is 35.5. The average Bonchev–Trinajstić information content (AvgIpc) is 2.59. The van der Waals surface area contributed by atoms with Crippen LogP contribution in [0.5, 0.6) is 11.8 Å². The Morgan fingerprint density at radius 1 is 0.958 bits per heavy atom. The van der Waals surface area contributed by atoms with Gasteiger partial charge in [0.1, 0.15) is 12.3 Å². The zero-order chi connectivity index (χ0) is 17.1. The molecule has 0 radical (unpaired) electrons. The molecule has 0 saturated carbocycles. The maximum absolute atomic E-state index is 9.57. The van der Waals surface area contributed by atoms with Gasteiger partial charge in [0.2, 0.25) is 0 Å². The van der Waals surface area contributed by atoms with E-state index in [1.54, 1.807) is 12.1 Å². The summed E-state index contributed by atoms with van der Waals surface area (Å²) in [6.07, 6.45) is 1.49. The molecule has 24 heavy (non-hydrogen) atoms. The molecule has 0 saturated heterocycles. The van der Waals surface area contributed by atoms with Crippen LogP contribution in [0, 0.1) is 0 Å². The van der Waals surface area contributed by atoms with Crippen molar-refractivity contribution in [1.82, 2.24) is 15.2 Å². The van der Waals surface area contributed by atoms with Crippen molar-refractivity contribution in [3.63, 3.8) is 0 Å². The Morgan fingerprint density at radius 3 is 2.21 bits per heavy atom. The van der Waals surface area contributed by atoms with E-state index in [0.717, 1.165) is 5.56 Å². The molecule has 0 aliphatic rings. The van der Waals surface area contributed by atoms with Gasteiger partial charge in [-0.3, -0.25) is 0 Å². The molecule has 2 aromatic carbocycles. The van der Waals surface area contributed by atoms with Gasteiger partial charge in [-0.05, 0) is 29.8 Å². The van der Waals surface area contributed by atoms with Crippen molar-refractivity contribution in [1.29, 1.82) is 0 Å². The van der Waals surface area contributed by atoms with Gasteiger partial charge in [-0.25, -0.2) is 4.98 Å². The van der Waals surface area contributed by atoms with Crippen LogP contribution >= 0.6 is 34.8 Å². The highest BCUT2D eigenvalue weighted by molar-refractivity contribution is 6.37. The second-order valence-electron chi connectivity index (χ2n) is 4.83. The minimum Gasteiger partial charge on any atom is -0.505 e. The van der Waals surface area contributed by atoms with Crippen molar-refractivity contribution >= 4 is 34.8 Å². The molecule has 0 amide bonds.